The summed E-state index contributed by atoms with van der Waals surface area (Å²) in [4.78, 5) is 13.0. The second kappa shape index (κ2) is 10.1. The van der Waals surface area contributed by atoms with Crippen LogP contribution in [0.1, 0.15) is 12.5 Å². The minimum atomic E-state index is -0.298. The Morgan fingerprint density at radius 1 is 0.811 bits per heavy atom. The Morgan fingerprint density at radius 2 is 1.59 bits per heavy atom. The number of rotatable bonds is 7. The third kappa shape index (κ3) is 4.61. The molecule has 0 bridgehead atoms. The van der Waals surface area contributed by atoms with Gasteiger partial charge in [0.05, 0.1) is 33.3 Å². The third-order valence-corrected chi connectivity index (χ3v) is 6.41. The number of carbonyl (C=O) groups is 1. The summed E-state index contributed by atoms with van der Waals surface area (Å²) in [5.74, 6) is 1.47. The molecule has 0 atom stereocenters. The van der Waals surface area contributed by atoms with E-state index in [0.717, 1.165) is 38.4 Å². The summed E-state index contributed by atoms with van der Waals surface area (Å²) >= 11 is 0. The molecule has 0 fully saturated rings. The summed E-state index contributed by atoms with van der Waals surface area (Å²) in [6, 6.07) is 23.6. The van der Waals surface area contributed by atoms with Crippen LogP contribution in [-0.4, -0.2) is 27.2 Å². The van der Waals surface area contributed by atoms with E-state index in [1.165, 1.54) is 0 Å². The van der Waals surface area contributed by atoms with Gasteiger partial charge in [0.15, 0.2) is 0 Å². The van der Waals surface area contributed by atoms with Crippen LogP contribution < -0.4 is 19.5 Å². The number of fused-ring (bicyclic) bond motifs is 2. The lowest BCUT2D eigenvalue weighted by Crippen LogP contribution is -2.10. The first-order valence-electron chi connectivity index (χ1n) is 11.8. The van der Waals surface area contributed by atoms with Crippen molar-refractivity contribution in [2.45, 2.75) is 6.92 Å². The van der Waals surface area contributed by atoms with Gasteiger partial charge in [0.1, 0.15) is 22.8 Å². The van der Waals surface area contributed by atoms with Crippen molar-refractivity contribution in [1.82, 2.24) is 0 Å². The monoisotopic (exact) mass is 493 g/mol. The van der Waals surface area contributed by atoms with E-state index in [-0.39, 0.29) is 5.91 Å². The molecule has 0 saturated heterocycles. The fraction of sp³-hybridized carbons (Fsp3) is 0.129. The number of hydrogen-bond acceptors (Lipinski definition) is 5. The molecule has 6 nitrogen and oxygen atoms in total. The average Bonchev–Trinajstić information content (AvgIpc) is 3.34. The highest BCUT2D eigenvalue weighted by atomic mass is 16.5. The van der Waals surface area contributed by atoms with Crippen molar-refractivity contribution in [3.8, 4) is 28.4 Å². The largest absolute Gasteiger partial charge is 0.497 e. The zero-order valence-corrected chi connectivity index (χ0v) is 21.1. The summed E-state index contributed by atoms with van der Waals surface area (Å²) in [7, 11) is 4.73. The molecule has 1 aromatic heterocycles. The lowest BCUT2D eigenvalue weighted by molar-refractivity contribution is -0.111. The van der Waals surface area contributed by atoms with Crippen molar-refractivity contribution in [1.29, 1.82) is 0 Å². The average molecular weight is 494 g/mol. The highest BCUT2D eigenvalue weighted by Crippen LogP contribution is 2.39. The molecule has 0 spiro atoms. The topological polar surface area (TPSA) is 69.9 Å². The zero-order valence-electron chi connectivity index (χ0n) is 21.1. The lowest BCUT2D eigenvalue weighted by atomic mass is 9.96. The molecule has 37 heavy (non-hydrogen) atoms. The van der Waals surface area contributed by atoms with Crippen LogP contribution >= 0.6 is 0 Å². The van der Waals surface area contributed by atoms with Gasteiger partial charge >= 0.3 is 0 Å². The van der Waals surface area contributed by atoms with E-state index in [2.05, 4.69) is 29.6 Å². The SMILES string of the molecule is COc1ccc(OC)c(NC(=O)/C=C(\C)c2cc3c(-c4cccc5ccccc45)coc3cc2OC)c1. The van der Waals surface area contributed by atoms with Gasteiger partial charge in [-0.15, -0.1) is 0 Å². The van der Waals surface area contributed by atoms with Gasteiger partial charge in [0, 0.05) is 34.7 Å². The number of anilines is 1. The van der Waals surface area contributed by atoms with E-state index in [0.29, 0.717) is 28.5 Å². The van der Waals surface area contributed by atoms with Gasteiger partial charge in [0.2, 0.25) is 5.91 Å². The van der Waals surface area contributed by atoms with Gasteiger partial charge in [-0.1, -0.05) is 42.5 Å². The number of allylic oxidation sites excluding steroid dienone is 1. The van der Waals surface area contributed by atoms with Gasteiger partial charge in [0.25, 0.3) is 0 Å². The van der Waals surface area contributed by atoms with Crippen molar-refractivity contribution in [3.05, 3.63) is 90.7 Å². The molecule has 1 heterocycles. The number of furan rings is 1. The van der Waals surface area contributed by atoms with Crippen molar-refractivity contribution in [3.63, 3.8) is 0 Å². The second-order valence-corrected chi connectivity index (χ2v) is 8.61. The first-order valence-corrected chi connectivity index (χ1v) is 11.8. The number of benzene rings is 4. The fourth-order valence-corrected chi connectivity index (χ4v) is 4.56. The number of nitrogens with one attached hydrogen (secondary N) is 1. The second-order valence-electron chi connectivity index (χ2n) is 8.61. The van der Waals surface area contributed by atoms with Crippen molar-refractivity contribution in [2.24, 2.45) is 0 Å². The normalized spacial score (nSPS) is 11.5. The Kier molecular flexibility index (Phi) is 6.56. The lowest BCUT2D eigenvalue weighted by Gasteiger charge is -2.12. The van der Waals surface area contributed by atoms with E-state index in [4.69, 9.17) is 18.6 Å². The standard InChI is InChI=1S/C31H27NO5/c1-19(14-31(33)32-27-15-21(34-2)12-13-28(27)35-3)24-16-25-26(18-37-30(25)17-29(24)36-4)23-11-7-9-20-8-5-6-10-22(20)23/h5-18H,1-4H3,(H,32,33)/b19-14+. The van der Waals surface area contributed by atoms with E-state index in [9.17, 15) is 4.79 Å². The maximum absolute atomic E-state index is 13.0. The number of amides is 1. The van der Waals surface area contributed by atoms with Gasteiger partial charge in [-0.2, -0.15) is 0 Å². The van der Waals surface area contributed by atoms with E-state index < -0.39 is 0 Å². The van der Waals surface area contributed by atoms with Crippen LogP contribution in [0.2, 0.25) is 0 Å². The molecular formula is C31H27NO5. The molecule has 5 aromatic rings. The summed E-state index contributed by atoms with van der Waals surface area (Å²) in [5.41, 5.74) is 4.83. The number of ether oxygens (including phenoxy) is 3. The summed E-state index contributed by atoms with van der Waals surface area (Å²) in [6.45, 7) is 1.88. The summed E-state index contributed by atoms with van der Waals surface area (Å²) in [5, 5.41) is 6.12. The van der Waals surface area contributed by atoms with Crippen LogP contribution in [0.4, 0.5) is 5.69 Å². The highest BCUT2D eigenvalue weighted by Gasteiger charge is 2.17. The highest BCUT2D eigenvalue weighted by molar-refractivity contribution is 6.08. The molecule has 0 radical (unpaired) electrons. The molecule has 6 heteroatoms. The van der Waals surface area contributed by atoms with Crippen LogP contribution in [-0.2, 0) is 4.79 Å². The Bertz CT molecular complexity index is 1640. The molecule has 0 saturated carbocycles. The quantitative estimate of drug-likeness (QED) is 0.241. The molecule has 0 unspecified atom stereocenters. The Morgan fingerprint density at radius 3 is 2.38 bits per heavy atom. The van der Waals surface area contributed by atoms with E-state index in [1.807, 2.05) is 37.3 Å². The van der Waals surface area contributed by atoms with E-state index >= 15 is 0 Å². The number of methoxy groups -OCH3 is 3. The molecule has 5 rings (SSSR count). The van der Waals surface area contributed by atoms with Crippen molar-refractivity contribution >= 4 is 38.9 Å². The number of carbonyl (C=O) groups excluding carboxylic acids is 1. The van der Waals surface area contributed by atoms with Gasteiger partial charge < -0.3 is 23.9 Å². The fourth-order valence-electron chi connectivity index (χ4n) is 4.56. The minimum absolute atomic E-state index is 0.298. The minimum Gasteiger partial charge on any atom is -0.497 e. The Labute approximate surface area is 215 Å². The Balaban J connectivity index is 1.55. The predicted molar refractivity (Wildman–Crippen MR) is 148 cm³/mol. The summed E-state index contributed by atoms with van der Waals surface area (Å²) < 4.78 is 22.2. The molecule has 0 aliphatic heterocycles. The smallest absolute Gasteiger partial charge is 0.248 e. The maximum Gasteiger partial charge on any atom is 0.248 e. The van der Waals surface area contributed by atoms with Crippen LogP contribution in [0.25, 0.3) is 38.4 Å². The van der Waals surface area contributed by atoms with Gasteiger partial charge in [-0.25, -0.2) is 0 Å². The van der Waals surface area contributed by atoms with Crippen molar-refractivity contribution in [2.75, 3.05) is 26.6 Å². The molecule has 186 valence electrons. The maximum atomic E-state index is 13.0. The van der Waals surface area contributed by atoms with Crippen LogP contribution in [0.15, 0.2) is 89.6 Å². The zero-order chi connectivity index (χ0) is 25.9. The summed E-state index contributed by atoms with van der Waals surface area (Å²) in [6.07, 6.45) is 3.32. The molecule has 4 aromatic carbocycles. The predicted octanol–water partition coefficient (Wildman–Crippen LogP) is 7.32. The van der Waals surface area contributed by atoms with Crippen molar-refractivity contribution < 1.29 is 23.4 Å². The third-order valence-electron chi connectivity index (χ3n) is 6.41. The van der Waals surface area contributed by atoms with Crippen LogP contribution in [0.3, 0.4) is 0 Å². The van der Waals surface area contributed by atoms with E-state index in [1.54, 1.807) is 51.9 Å². The van der Waals surface area contributed by atoms with Gasteiger partial charge in [-0.3, -0.25) is 4.79 Å². The number of hydrogen-bond donors (Lipinski definition) is 1. The first kappa shape index (κ1) is 24.0. The molecule has 0 aliphatic rings. The van der Waals surface area contributed by atoms with Gasteiger partial charge in [-0.05, 0) is 47.0 Å². The first-order chi connectivity index (χ1) is 18.0. The van der Waals surface area contributed by atoms with Crippen LogP contribution in [0.5, 0.6) is 17.2 Å². The molecular weight excluding hydrogens is 466 g/mol. The molecule has 0 aliphatic carbocycles. The van der Waals surface area contributed by atoms with Crippen LogP contribution in [0, 0.1) is 0 Å². The Hall–Kier alpha value is -4.71. The molecule has 1 amide bonds. The molecule has 1 N–H and O–H groups in total.